The van der Waals surface area contributed by atoms with Gasteiger partial charge in [0.2, 0.25) is 0 Å². The number of aromatic amines is 1. The van der Waals surface area contributed by atoms with E-state index in [2.05, 4.69) is 16.9 Å². The van der Waals surface area contributed by atoms with Crippen molar-refractivity contribution in [3.05, 3.63) is 43.8 Å². The van der Waals surface area contributed by atoms with Crippen molar-refractivity contribution in [2.24, 2.45) is 0 Å². The normalized spacial score (nSPS) is 10.7. The van der Waals surface area contributed by atoms with E-state index in [0.29, 0.717) is 0 Å². The predicted octanol–water partition coefficient (Wildman–Crippen LogP) is 2.36. The van der Waals surface area contributed by atoms with Crippen LogP contribution >= 0.6 is 11.3 Å². The number of nitrogens with one attached hydrogen (secondary N) is 1. The molecule has 2 aromatic rings. The number of pyridine rings is 1. The van der Waals surface area contributed by atoms with E-state index in [1.165, 1.54) is 5.56 Å². The molecule has 0 aliphatic carbocycles. The van der Waals surface area contributed by atoms with Crippen molar-refractivity contribution in [1.29, 1.82) is 0 Å². The minimum Gasteiger partial charge on any atom is -0.373 e. The van der Waals surface area contributed by atoms with Crippen LogP contribution in [0.5, 0.6) is 0 Å². The number of aryl methyl sites for hydroxylation is 1. The maximum absolute atomic E-state index is 12.2. The van der Waals surface area contributed by atoms with Gasteiger partial charge in [0.1, 0.15) is 5.69 Å². The summed E-state index contributed by atoms with van der Waals surface area (Å²) >= 11 is 1.63. The first-order valence-corrected chi connectivity index (χ1v) is 7.22. The number of hydrogen-bond donors (Lipinski definition) is 1. The number of anilines is 1. The molecule has 1 N–H and O–H groups in total. The van der Waals surface area contributed by atoms with Crippen LogP contribution in [0.1, 0.15) is 28.8 Å². The van der Waals surface area contributed by atoms with Crippen LogP contribution in [0.25, 0.3) is 0 Å². The molecule has 0 spiro atoms. The number of hydrogen-bond acceptors (Lipinski definition) is 4. The van der Waals surface area contributed by atoms with Gasteiger partial charge in [0, 0.05) is 37.8 Å². The zero-order chi connectivity index (χ0) is 14.0. The van der Waals surface area contributed by atoms with Crippen LogP contribution in [0.15, 0.2) is 16.4 Å². The minimum absolute atomic E-state index is 0.0220. The molecule has 0 aliphatic heterocycles. The van der Waals surface area contributed by atoms with Gasteiger partial charge in [-0.1, -0.05) is 6.92 Å². The van der Waals surface area contributed by atoms with Gasteiger partial charge in [-0.2, -0.15) is 0 Å². The first kappa shape index (κ1) is 13.8. The van der Waals surface area contributed by atoms with Crippen LogP contribution in [0.2, 0.25) is 0 Å². The SMILES string of the molecule is CCc1c(C)[nH]c(=O)c(N(C)C)c1Cc1nccs1. The van der Waals surface area contributed by atoms with Crippen LogP contribution in [-0.2, 0) is 12.8 Å². The maximum Gasteiger partial charge on any atom is 0.271 e. The van der Waals surface area contributed by atoms with Gasteiger partial charge in [0.25, 0.3) is 5.56 Å². The fraction of sp³-hybridized carbons (Fsp3) is 0.429. The van der Waals surface area contributed by atoms with E-state index in [1.54, 1.807) is 17.5 Å². The van der Waals surface area contributed by atoms with E-state index in [4.69, 9.17) is 0 Å². The van der Waals surface area contributed by atoms with Crippen molar-refractivity contribution in [2.45, 2.75) is 26.7 Å². The molecule has 0 aromatic carbocycles. The second-order valence-corrected chi connectivity index (χ2v) is 5.71. The molecule has 2 aromatic heterocycles. The highest BCUT2D eigenvalue weighted by Crippen LogP contribution is 2.24. The van der Waals surface area contributed by atoms with E-state index in [1.807, 2.05) is 31.3 Å². The van der Waals surface area contributed by atoms with Gasteiger partial charge in [-0.15, -0.1) is 11.3 Å². The summed E-state index contributed by atoms with van der Waals surface area (Å²) in [7, 11) is 3.81. The quantitative estimate of drug-likeness (QED) is 0.933. The molecule has 5 heteroatoms. The van der Waals surface area contributed by atoms with Crippen LogP contribution in [0.3, 0.4) is 0 Å². The highest BCUT2D eigenvalue weighted by atomic mass is 32.1. The van der Waals surface area contributed by atoms with Crippen molar-refractivity contribution in [3.63, 3.8) is 0 Å². The third kappa shape index (κ3) is 2.71. The van der Waals surface area contributed by atoms with Gasteiger partial charge in [0.05, 0.1) is 5.01 Å². The summed E-state index contributed by atoms with van der Waals surface area (Å²) < 4.78 is 0. The Hall–Kier alpha value is -1.62. The molecule has 0 unspecified atom stereocenters. The molecule has 0 atom stereocenters. The lowest BCUT2D eigenvalue weighted by Crippen LogP contribution is -2.25. The van der Waals surface area contributed by atoms with E-state index < -0.39 is 0 Å². The molecule has 0 saturated carbocycles. The van der Waals surface area contributed by atoms with E-state index in [0.717, 1.165) is 34.8 Å². The smallest absolute Gasteiger partial charge is 0.271 e. The summed E-state index contributed by atoms with van der Waals surface area (Å²) in [4.78, 5) is 21.4. The fourth-order valence-corrected chi connectivity index (χ4v) is 3.07. The fourth-order valence-electron chi connectivity index (χ4n) is 2.44. The van der Waals surface area contributed by atoms with Gasteiger partial charge in [-0.3, -0.25) is 4.79 Å². The van der Waals surface area contributed by atoms with Crippen LogP contribution in [0.4, 0.5) is 5.69 Å². The summed E-state index contributed by atoms with van der Waals surface area (Å²) in [5.74, 6) is 0. The summed E-state index contributed by atoms with van der Waals surface area (Å²) in [6.07, 6.45) is 3.43. The second kappa shape index (κ2) is 5.57. The van der Waals surface area contributed by atoms with Crippen LogP contribution in [-0.4, -0.2) is 24.1 Å². The van der Waals surface area contributed by atoms with E-state index in [-0.39, 0.29) is 5.56 Å². The summed E-state index contributed by atoms with van der Waals surface area (Å²) in [6.45, 7) is 4.08. The number of thiazole rings is 1. The number of nitrogens with zero attached hydrogens (tertiary/aromatic N) is 2. The lowest BCUT2D eigenvalue weighted by Gasteiger charge is -2.20. The molecule has 4 nitrogen and oxygen atoms in total. The van der Waals surface area contributed by atoms with E-state index in [9.17, 15) is 4.79 Å². The molecule has 102 valence electrons. The number of rotatable bonds is 4. The van der Waals surface area contributed by atoms with Crippen LogP contribution < -0.4 is 10.5 Å². The molecule has 0 bridgehead atoms. The van der Waals surface area contributed by atoms with Crippen molar-refractivity contribution < 1.29 is 0 Å². The molecule has 0 aliphatic rings. The Morgan fingerprint density at radius 1 is 1.37 bits per heavy atom. The summed E-state index contributed by atoms with van der Waals surface area (Å²) in [5, 5.41) is 3.01. The molecule has 0 amide bonds. The molecule has 0 saturated heterocycles. The summed E-state index contributed by atoms with van der Waals surface area (Å²) in [5.41, 5.74) is 4.01. The number of H-pyrrole nitrogens is 1. The lowest BCUT2D eigenvalue weighted by molar-refractivity contribution is 0.943. The molecule has 2 rings (SSSR count). The first-order valence-electron chi connectivity index (χ1n) is 6.34. The predicted molar refractivity (Wildman–Crippen MR) is 80.4 cm³/mol. The largest absolute Gasteiger partial charge is 0.373 e. The summed E-state index contributed by atoms with van der Waals surface area (Å²) in [6, 6.07) is 0. The van der Waals surface area contributed by atoms with Crippen molar-refractivity contribution >= 4 is 17.0 Å². The van der Waals surface area contributed by atoms with Gasteiger partial charge in [0.15, 0.2) is 0 Å². The van der Waals surface area contributed by atoms with Crippen molar-refractivity contribution in [1.82, 2.24) is 9.97 Å². The third-order valence-corrected chi connectivity index (χ3v) is 4.01. The highest BCUT2D eigenvalue weighted by Gasteiger charge is 2.17. The average Bonchev–Trinajstić information content (AvgIpc) is 2.81. The first-order chi connectivity index (χ1) is 9.04. The Bertz CT molecular complexity index is 614. The Labute approximate surface area is 117 Å². The Morgan fingerprint density at radius 2 is 2.11 bits per heavy atom. The molecule has 0 fully saturated rings. The molecule has 0 radical (unpaired) electrons. The zero-order valence-corrected chi connectivity index (χ0v) is 12.6. The maximum atomic E-state index is 12.2. The van der Waals surface area contributed by atoms with Crippen molar-refractivity contribution in [2.75, 3.05) is 19.0 Å². The van der Waals surface area contributed by atoms with Crippen molar-refractivity contribution in [3.8, 4) is 0 Å². The minimum atomic E-state index is -0.0220. The molecular formula is C14H19N3OS. The highest BCUT2D eigenvalue weighted by molar-refractivity contribution is 7.09. The third-order valence-electron chi connectivity index (χ3n) is 3.23. The van der Waals surface area contributed by atoms with Gasteiger partial charge >= 0.3 is 0 Å². The second-order valence-electron chi connectivity index (χ2n) is 4.74. The monoisotopic (exact) mass is 277 g/mol. The Morgan fingerprint density at radius 3 is 2.63 bits per heavy atom. The standard InChI is InChI=1S/C14H19N3OS/c1-5-10-9(2)16-14(18)13(17(3)4)11(10)8-12-15-6-7-19-12/h6-7H,5,8H2,1-4H3,(H,16,18). The number of aromatic nitrogens is 2. The van der Waals surface area contributed by atoms with Gasteiger partial charge in [-0.05, 0) is 24.5 Å². The molecule has 2 heterocycles. The topological polar surface area (TPSA) is 49.0 Å². The average molecular weight is 277 g/mol. The molecule has 19 heavy (non-hydrogen) atoms. The van der Waals surface area contributed by atoms with Gasteiger partial charge in [-0.25, -0.2) is 4.98 Å². The van der Waals surface area contributed by atoms with E-state index >= 15 is 0 Å². The lowest BCUT2D eigenvalue weighted by atomic mass is 9.99. The molecular weight excluding hydrogens is 258 g/mol. The van der Waals surface area contributed by atoms with Crippen LogP contribution in [0, 0.1) is 6.92 Å². The Balaban J connectivity index is 2.63. The zero-order valence-electron chi connectivity index (χ0n) is 11.8. The Kier molecular flexibility index (Phi) is 4.04. The van der Waals surface area contributed by atoms with Gasteiger partial charge < -0.3 is 9.88 Å².